The van der Waals surface area contributed by atoms with Crippen LogP contribution in [0.5, 0.6) is 0 Å². The minimum absolute atomic E-state index is 0.0391. The zero-order valence-electron chi connectivity index (χ0n) is 22.4. The number of nitrogens with zero attached hydrogens (tertiary/aromatic N) is 1. The molecule has 2 atom stereocenters. The highest BCUT2D eigenvalue weighted by atomic mass is 28.4. The van der Waals surface area contributed by atoms with Gasteiger partial charge in [0.2, 0.25) is 0 Å². The average molecular weight is 508 g/mol. The van der Waals surface area contributed by atoms with Crippen LogP contribution in [0.1, 0.15) is 69.9 Å². The van der Waals surface area contributed by atoms with Crippen molar-refractivity contribution >= 4 is 14.4 Å². The van der Waals surface area contributed by atoms with Crippen molar-refractivity contribution in [2.45, 2.75) is 94.6 Å². The van der Waals surface area contributed by atoms with Crippen molar-refractivity contribution in [3.63, 3.8) is 0 Å². The highest BCUT2D eigenvalue weighted by Gasteiger charge is 2.50. The maximum atomic E-state index is 13.3. The molecule has 2 aliphatic heterocycles. The first kappa shape index (κ1) is 25.5. The van der Waals surface area contributed by atoms with Crippen molar-refractivity contribution in [1.29, 1.82) is 0 Å². The van der Waals surface area contributed by atoms with Gasteiger partial charge in [0.25, 0.3) is 0 Å². The van der Waals surface area contributed by atoms with E-state index in [1.54, 1.807) is 0 Å². The molecule has 0 spiro atoms. The highest BCUT2D eigenvalue weighted by molar-refractivity contribution is 6.74. The number of hydrogen-bond donors (Lipinski definition) is 1. The molecule has 194 valence electrons. The largest absolute Gasteiger partial charge is 0.448 e. The van der Waals surface area contributed by atoms with Gasteiger partial charge in [-0.25, -0.2) is 4.79 Å². The summed E-state index contributed by atoms with van der Waals surface area (Å²) in [4.78, 5) is 15.2. The molecule has 2 aromatic rings. The zero-order chi connectivity index (χ0) is 25.7. The second-order valence-corrected chi connectivity index (χ2v) is 17.4. The predicted octanol–water partition coefficient (Wildman–Crippen LogP) is 6.71. The highest BCUT2D eigenvalue weighted by Crippen LogP contribution is 2.46. The van der Waals surface area contributed by atoms with Gasteiger partial charge in [0, 0.05) is 24.6 Å². The average Bonchev–Trinajstić information content (AvgIpc) is 3.29. The van der Waals surface area contributed by atoms with Crippen molar-refractivity contribution in [3.8, 4) is 11.1 Å². The molecule has 0 radical (unpaired) electrons. The molecule has 5 nitrogen and oxygen atoms in total. The van der Waals surface area contributed by atoms with Gasteiger partial charge < -0.3 is 19.2 Å². The topological polar surface area (TPSA) is 59.0 Å². The molecule has 1 amide bonds. The molecule has 36 heavy (non-hydrogen) atoms. The Morgan fingerprint density at radius 1 is 1.00 bits per heavy atom. The van der Waals surface area contributed by atoms with Gasteiger partial charge in [-0.05, 0) is 72.5 Å². The first-order chi connectivity index (χ1) is 17.0. The standard InChI is InChI=1S/C30H41NO4Si/c1-29(2,3)36(4,5)35-17-16-30(33)18-21-14-15-22(19-30)31(21)28(32)34-20-27-25-12-8-6-10-23(25)24-11-7-9-13-26(24)27/h6-13,21-22,27,33H,14-20H2,1-5H3. The molecule has 3 aliphatic rings. The van der Waals surface area contributed by atoms with Gasteiger partial charge >= 0.3 is 6.09 Å². The Morgan fingerprint density at radius 2 is 1.53 bits per heavy atom. The number of aliphatic hydroxyl groups is 1. The van der Waals surface area contributed by atoms with Gasteiger partial charge in [-0.2, -0.15) is 0 Å². The summed E-state index contributed by atoms with van der Waals surface area (Å²) in [6, 6.07) is 16.9. The summed E-state index contributed by atoms with van der Waals surface area (Å²) in [5.74, 6) is 0.0632. The third-order valence-corrected chi connectivity index (χ3v) is 13.8. The minimum Gasteiger partial charge on any atom is -0.448 e. The van der Waals surface area contributed by atoms with Crippen LogP contribution < -0.4 is 0 Å². The number of rotatable bonds is 6. The Balaban J connectivity index is 1.20. The quantitative estimate of drug-likeness (QED) is 0.442. The van der Waals surface area contributed by atoms with E-state index in [2.05, 4.69) is 82.4 Å². The van der Waals surface area contributed by atoms with Crippen molar-refractivity contribution < 1.29 is 19.1 Å². The van der Waals surface area contributed by atoms with Crippen LogP contribution in [0.15, 0.2) is 48.5 Å². The van der Waals surface area contributed by atoms with Crippen LogP contribution in [0.2, 0.25) is 18.1 Å². The van der Waals surface area contributed by atoms with Gasteiger partial charge in [0.05, 0.1) is 5.60 Å². The fraction of sp³-hybridized carbons (Fsp3) is 0.567. The summed E-state index contributed by atoms with van der Waals surface area (Å²) in [5.41, 5.74) is 4.15. The molecule has 2 fully saturated rings. The number of carbonyl (C=O) groups excluding carboxylic acids is 1. The summed E-state index contributed by atoms with van der Waals surface area (Å²) in [6.07, 6.45) is 3.47. The molecule has 2 heterocycles. The van der Waals surface area contributed by atoms with E-state index in [1.165, 1.54) is 22.3 Å². The third-order valence-electron chi connectivity index (χ3n) is 9.23. The van der Waals surface area contributed by atoms with Crippen LogP contribution in [0.4, 0.5) is 4.79 Å². The Morgan fingerprint density at radius 3 is 2.06 bits per heavy atom. The second kappa shape index (κ2) is 9.30. The van der Waals surface area contributed by atoms with Crippen molar-refractivity contribution in [3.05, 3.63) is 59.7 Å². The summed E-state index contributed by atoms with van der Waals surface area (Å²) >= 11 is 0. The number of carbonyl (C=O) groups is 1. The molecule has 2 saturated heterocycles. The van der Waals surface area contributed by atoms with E-state index in [0.29, 0.717) is 32.5 Å². The van der Waals surface area contributed by atoms with Gasteiger partial charge in [0.15, 0.2) is 8.32 Å². The molecule has 6 heteroatoms. The number of benzene rings is 2. The Bertz CT molecular complexity index is 1060. The molecule has 1 aliphatic carbocycles. The van der Waals surface area contributed by atoms with Crippen LogP contribution in [0.3, 0.4) is 0 Å². The van der Waals surface area contributed by atoms with Crippen LogP contribution in [0.25, 0.3) is 11.1 Å². The monoisotopic (exact) mass is 507 g/mol. The first-order valence-corrected chi connectivity index (χ1v) is 16.4. The number of fused-ring (bicyclic) bond motifs is 5. The lowest BCUT2D eigenvalue weighted by Crippen LogP contribution is -2.54. The Labute approximate surface area is 216 Å². The summed E-state index contributed by atoms with van der Waals surface area (Å²) < 4.78 is 12.3. The summed E-state index contributed by atoms with van der Waals surface area (Å²) in [5, 5.41) is 11.6. The van der Waals surface area contributed by atoms with Gasteiger partial charge in [-0.15, -0.1) is 0 Å². The van der Waals surface area contributed by atoms with Crippen molar-refractivity contribution in [2.75, 3.05) is 13.2 Å². The van der Waals surface area contributed by atoms with Crippen LogP contribution in [-0.2, 0) is 9.16 Å². The number of amides is 1. The first-order valence-electron chi connectivity index (χ1n) is 13.5. The van der Waals surface area contributed by atoms with E-state index >= 15 is 0 Å². The second-order valence-electron chi connectivity index (χ2n) is 12.6. The van der Waals surface area contributed by atoms with E-state index in [0.717, 1.165) is 12.8 Å². The minimum atomic E-state index is -1.84. The molecule has 2 aromatic carbocycles. The summed E-state index contributed by atoms with van der Waals surface area (Å²) in [6.45, 7) is 12.1. The van der Waals surface area contributed by atoms with E-state index < -0.39 is 13.9 Å². The van der Waals surface area contributed by atoms with Crippen LogP contribution in [-0.4, -0.2) is 55.3 Å². The van der Waals surface area contributed by atoms with Gasteiger partial charge in [-0.3, -0.25) is 0 Å². The molecular weight excluding hydrogens is 466 g/mol. The smallest absolute Gasteiger partial charge is 0.410 e. The van der Waals surface area contributed by atoms with Crippen LogP contribution >= 0.6 is 0 Å². The molecule has 0 aromatic heterocycles. The maximum absolute atomic E-state index is 13.3. The molecule has 2 bridgehead atoms. The molecule has 2 unspecified atom stereocenters. The predicted molar refractivity (Wildman–Crippen MR) is 146 cm³/mol. The molecule has 0 saturated carbocycles. The van der Waals surface area contributed by atoms with Gasteiger partial charge in [-0.1, -0.05) is 69.3 Å². The normalized spacial score (nSPS) is 25.6. The maximum Gasteiger partial charge on any atom is 0.410 e. The fourth-order valence-corrected chi connectivity index (χ4v) is 7.25. The third kappa shape index (κ3) is 4.64. The zero-order valence-corrected chi connectivity index (χ0v) is 23.4. The summed E-state index contributed by atoms with van der Waals surface area (Å²) in [7, 11) is -1.84. The van der Waals surface area contributed by atoms with E-state index in [9.17, 15) is 9.90 Å². The molecular formula is C30H41NO4Si. The molecule has 5 rings (SSSR count). The lowest BCUT2D eigenvalue weighted by atomic mass is 9.84. The fourth-order valence-electron chi connectivity index (χ4n) is 6.21. The van der Waals surface area contributed by atoms with Crippen molar-refractivity contribution in [2.24, 2.45) is 0 Å². The number of ether oxygens (including phenoxy) is 1. The number of hydrogen-bond acceptors (Lipinski definition) is 4. The van der Waals surface area contributed by atoms with Crippen molar-refractivity contribution in [1.82, 2.24) is 4.90 Å². The molecule has 1 N–H and O–H groups in total. The lowest BCUT2D eigenvalue weighted by molar-refractivity contribution is -0.0599. The SMILES string of the molecule is CC(C)(C)[Si](C)(C)OCCC1(O)CC2CCC(C1)N2C(=O)OCC1c2ccccc2-c2ccccc21. The van der Waals surface area contributed by atoms with Crippen LogP contribution in [0, 0.1) is 0 Å². The van der Waals surface area contributed by atoms with Gasteiger partial charge in [0.1, 0.15) is 6.61 Å². The van der Waals surface area contributed by atoms with E-state index in [-0.39, 0.29) is 29.1 Å². The Kier molecular flexibility index (Phi) is 6.59. The van der Waals surface area contributed by atoms with E-state index in [4.69, 9.17) is 9.16 Å². The lowest BCUT2D eigenvalue weighted by Gasteiger charge is -2.44. The Hall–Kier alpha value is -2.15. The van der Waals surface area contributed by atoms with E-state index in [1.807, 2.05) is 4.90 Å². The number of piperidine rings is 1.